The third kappa shape index (κ3) is 9.87. The summed E-state index contributed by atoms with van der Waals surface area (Å²) in [6.07, 6.45) is -2.35. The minimum atomic E-state index is -4.25. The van der Waals surface area contributed by atoms with Gasteiger partial charge in [-0.3, -0.25) is 8.74 Å². The lowest BCUT2D eigenvalue weighted by Crippen LogP contribution is -2.42. The molecule has 2 N–H and O–H groups in total. The van der Waals surface area contributed by atoms with Crippen LogP contribution in [0.15, 0.2) is 0 Å². The summed E-state index contributed by atoms with van der Waals surface area (Å²) in [5.74, 6) is -2.21. The van der Waals surface area contributed by atoms with Crippen LogP contribution in [-0.2, 0) is 34.0 Å². The maximum Gasteiger partial charge on any atom is 0.335 e. The Labute approximate surface area is 136 Å². The standard InChI is InChI=1S/C12H24O9S2/c1-9(2)21-11(14)10(13)12(3,4)8-20-23(18,19)7-5-6-22(15,16)17/h9-10,13H,5-8H2,1-4H3,(H,15,16,17). The normalized spacial score (nSPS) is 14.7. The van der Waals surface area contributed by atoms with Crippen molar-refractivity contribution in [1.82, 2.24) is 0 Å². The zero-order valence-electron chi connectivity index (χ0n) is 13.6. The van der Waals surface area contributed by atoms with Gasteiger partial charge in [-0.05, 0) is 20.3 Å². The monoisotopic (exact) mass is 376 g/mol. The highest BCUT2D eigenvalue weighted by molar-refractivity contribution is 7.87. The van der Waals surface area contributed by atoms with Crippen LogP contribution >= 0.6 is 0 Å². The summed E-state index contributed by atoms with van der Waals surface area (Å²) < 4.78 is 62.4. The quantitative estimate of drug-likeness (QED) is 0.304. The fourth-order valence-corrected chi connectivity index (χ4v) is 3.20. The smallest absolute Gasteiger partial charge is 0.335 e. The number of aliphatic hydroxyl groups is 1. The van der Waals surface area contributed by atoms with E-state index in [1.165, 1.54) is 13.8 Å². The van der Waals surface area contributed by atoms with Crippen LogP contribution in [0.1, 0.15) is 34.1 Å². The summed E-state index contributed by atoms with van der Waals surface area (Å²) in [5, 5.41) is 9.91. The fraction of sp³-hybridized carbons (Fsp3) is 0.917. The van der Waals surface area contributed by atoms with E-state index in [-0.39, 0.29) is 6.42 Å². The second-order valence-corrected chi connectivity index (χ2v) is 9.37. The zero-order valence-corrected chi connectivity index (χ0v) is 15.2. The van der Waals surface area contributed by atoms with E-state index < -0.39 is 61.9 Å². The van der Waals surface area contributed by atoms with E-state index in [4.69, 9.17) is 13.5 Å². The Bertz CT molecular complexity index is 590. The van der Waals surface area contributed by atoms with Gasteiger partial charge in [0.2, 0.25) is 0 Å². The third-order valence-electron chi connectivity index (χ3n) is 2.72. The number of carbonyl (C=O) groups excluding carboxylic acids is 1. The number of hydrogen-bond donors (Lipinski definition) is 2. The van der Waals surface area contributed by atoms with E-state index in [1.54, 1.807) is 13.8 Å². The number of ether oxygens (including phenoxy) is 1. The number of esters is 1. The van der Waals surface area contributed by atoms with Crippen molar-refractivity contribution in [3.63, 3.8) is 0 Å². The van der Waals surface area contributed by atoms with Crippen LogP contribution in [-0.4, -0.2) is 62.8 Å². The van der Waals surface area contributed by atoms with Gasteiger partial charge in [0.15, 0.2) is 6.10 Å². The molecule has 138 valence electrons. The molecular weight excluding hydrogens is 352 g/mol. The van der Waals surface area contributed by atoms with E-state index in [1.807, 2.05) is 0 Å². The zero-order chi connectivity index (χ0) is 18.5. The minimum Gasteiger partial charge on any atom is -0.461 e. The lowest BCUT2D eigenvalue weighted by molar-refractivity contribution is -0.165. The average Bonchev–Trinajstić information content (AvgIpc) is 2.33. The first kappa shape index (κ1) is 22.2. The summed E-state index contributed by atoms with van der Waals surface area (Å²) in [6, 6.07) is 0. The second-order valence-electron chi connectivity index (χ2n) is 6.04. The maximum atomic E-state index is 11.6. The van der Waals surface area contributed by atoms with Gasteiger partial charge in [-0.2, -0.15) is 16.8 Å². The molecule has 0 heterocycles. The number of rotatable bonds is 10. The molecule has 0 aliphatic rings. The van der Waals surface area contributed by atoms with Gasteiger partial charge < -0.3 is 9.84 Å². The molecule has 0 saturated carbocycles. The Balaban J connectivity index is 4.58. The Kier molecular flexibility index (Phi) is 8.10. The molecule has 0 rings (SSSR count). The van der Waals surface area contributed by atoms with Gasteiger partial charge in [-0.15, -0.1) is 0 Å². The van der Waals surface area contributed by atoms with Gasteiger partial charge in [0.25, 0.3) is 20.2 Å². The summed E-state index contributed by atoms with van der Waals surface area (Å²) in [6.45, 7) is 5.57. The SMILES string of the molecule is CC(C)OC(=O)C(O)C(C)(C)COS(=O)(=O)CCCS(=O)(=O)O. The Hall–Kier alpha value is -0.750. The van der Waals surface area contributed by atoms with Crippen molar-refractivity contribution in [3.05, 3.63) is 0 Å². The molecule has 0 aliphatic heterocycles. The van der Waals surface area contributed by atoms with Crippen molar-refractivity contribution in [3.8, 4) is 0 Å². The minimum absolute atomic E-state index is 0.334. The van der Waals surface area contributed by atoms with Crippen LogP contribution in [0.25, 0.3) is 0 Å². The third-order valence-corrected chi connectivity index (χ3v) is 4.79. The van der Waals surface area contributed by atoms with Gasteiger partial charge in [0.1, 0.15) is 0 Å². The summed E-state index contributed by atoms with van der Waals surface area (Å²) >= 11 is 0. The molecule has 0 amide bonds. The van der Waals surface area contributed by atoms with Crippen molar-refractivity contribution < 1.29 is 40.2 Å². The van der Waals surface area contributed by atoms with Crippen molar-refractivity contribution in [1.29, 1.82) is 0 Å². The van der Waals surface area contributed by atoms with E-state index in [0.29, 0.717) is 0 Å². The highest BCUT2D eigenvalue weighted by atomic mass is 32.2. The average molecular weight is 376 g/mol. The van der Waals surface area contributed by atoms with Crippen LogP contribution in [0, 0.1) is 5.41 Å². The molecule has 0 aromatic carbocycles. The fourth-order valence-electron chi connectivity index (χ4n) is 1.41. The largest absolute Gasteiger partial charge is 0.461 e. The Morgan fingerprint density at radius 1 is 1.13 bits per heavy atom. The molecule has 0 radical (unpaired) electrons. The topological polar surface area (TPSA) is 144 Å². The predicted molar refractivity (Wildman–Crippen MR) is 81.8 cm³/mol. The van der Waals surface area contributed by atoms with Gasteiger partial charge in [0, 0.05) is 5.41 Å². The van der Waals surface area contributed by atoms with Crippen LogP contribution in [0.3, 0.4) is 0 Å². The molecule has 0 saturated heterocycles. The molecule has 11 heteroatoms. The molecule has 0 bridgehead atoms. The molecule has 0 fully saturated rings. The maximum absolute atomic E-state index is 11.6. The lowest BCUT2D eigenvalue weighted by Gasteiger charge is -2.28. The first-order chi connectivity index (χ1) is 10.2. The summed E-state index contributed by atoms with van der Waals surface area (Å²) in [5.41, 5.74) is -1.23. The first-order valence-corrected chi connectivity index (χ1v) is 10.1. The molecular formula is C12H24O9S2. The van der Waals surface area contributed by atoms with Gasteiger partial charge in [0.05, 0.1) is 24.2 Å². The number of carbonyl (C=O) groups is 1. The number of aliphatic hydroxyl groups excluding tert-OH is 1. The molecule has 0 aromatic heterocycles. The Morgan fingerprint density at radius 2 is 1.65 bits per heavy atom. The predicted octanol–water partition coefficient (Wildman–Crippen LogP) is -0.0506. The molecule has 0 aromatic rings. The highest BCUT2D eigenvalue weighted by Gasteiger charge is 2.37. The molecule has 1 unspecified atom stereocenters. The van der Waals surface area contributed by atoms with E-state index in [9.17, 15) is 26.7 Å². The molecule has 9 nitrogen and oxygen atoms in total. The van der Waals surface area contributed by atoms with Gasteiger partial charge >= 0.3 is 5.97 Å². The van der Waals surface area contributed by atoms with Crippen molar-refractivity contribution in [2.45, 2.75) is 46.3 Å². The van der Waals surface area contributed by atoms with Gasteiger partial charge in [-0.1, -0.05) is 13.8 Å². The molecule has 23 heavy (non-hydrogen) atoms. The molecule has 0 spiro atoms. The van der Waals surface area contributed by atoms with Crippen molar-refractivity contribution in [2.75, 3.05) is 18.1 Å². The second kappa shape index (κ2) is 8.38. The van der Waals surface area contributed by atoms with Gasteiger partial charge in [-0.25, -0.2) is 4.79 Å². The lowest BCUT2D eigenvalue weighted by atomic mass is 9.87. The van der Waals surface area contributed by atoms with Crippen LogP contribution < -0.4 is 0 Å². The van der Waals surface area contributed by atoms with E-state index in [0.717, 1.165) is 0 Å². The van der Waals surface area contributed by atoms with Crippen LogP contribution in [0.2, 0.25) is 0 Å². The van der Waals surface area contributed by atoms with E-state index in [2.05, 4.69) is 0 Å². The Morgan fingerprint density at radius 3 is 2.09 bits per heavy atom. The van der Waals surface area contributed by atoms with E-state index >= 15 is 0 Å². The molecule has 1 atom stereocenters. The van der Waals surface area contributed by atoms with Crippen molar-refractivity contribution in [2.24, 2.45) is 5.41 Å². The molecule has 0 aliphatic carbocycles. The van der Waals surface area contributed by atoms with Crippen LogP contribution in [0.4, 0.5) is 0 Å². The first-order valence-electron chi connectivity index (χ1n) is 6.87. The summed E-state index contributed by atoms with van der Waals surface area (Å²) in [7, 11) is -8.31. The van der Waals surface area contributed by atoms with Crippen molar-refractivity contribution >= 4 is 26.2 Å². The number of hydrogen-bond acceptors (Lipinski definition) is 8. The summed E-state index contributed by atoms with van der Waals surface area (Å²) in [4.78, 5) is 11.6. The van der Waals surface area contributed by atoms with Crippen LogP contribution in [0.5, 0.6) is 0 Å². The highest BCUT2D eigenvalue weighted by Crippen LogP contribution is 2.23.